The molecule has 0 saturated carbocycles. The normalized spacial score (nSPS) is 13.3. The number of anilines is 1. The monoisotopic (exact) mass is 438 g/mol. The molecule has 150 valence electrons. The Hall–Kier alpha value is -3.16. The molecule has 3 heterocycles. The van der Waals surface area contributed by atoms with Crippen LogP contribution in [-0.2, 0) is 13.1 Å². The van der Waals surface area contributed by atoms with Gasteiger partial charge in [-0.1, -0.05) is 53.5 Å². The summed E-state index contributed by atoms with van der Waals surface area (Å²) in [6.07, 6.45) is 1.61. The molecule has 7 nitrogen and oxygen atoms in total. The largest absolute Gasteiger partial charge is 0.360 e. The van der Waals surface area contributed by atoms with E-state index in [1.165, 1.54) is 4.68 Å². The van der Waals surface area contributed by atoms with Crippen LogP contribution >= 0.6 is 23.2 Å². The van der Waals surface area contributed by atoms with Crippen LogP contribution < -0.4 is 10.5 Å². The first-order valence-electron chi connectivity index (χ1n) is 9.38. The highest BCUT2D eigenvalue weighted by molar-refractivity contribution is 6.33. The summed E-state index contributed by atoms with van der Waals surface area (Å²) in [5.41, 5.74) is 1.83. The molecular weight excluding hydrogens is 423 g/mol. The Balaban J connectivity index is 1.45. The summed E-state index contributed by atoms with van der Waals surface area (Å²) in [4.78, 5) is 14.8. The van der Waals surface area contributed by atoms with E-state index in [0.717, 1.165) is 17.2 Å². The molecule has 0 amide bonds. The molecule has 0 unspecified atom stereocenters. The van der Waals surface area contributed by atoms with E-state index in [0.29, 0.717) is 36.0 Å². The number of benzene rings is 2. The minimum atomic E-state index is -0.381. The van der Waals surface area contributed by atoms with Crippen molar-refractivity contribution in [2.75, 3.05) is 11.4 Å². The van der Waals surface area contributed by atoms with Crippen molar-refractivity contribution in [3.8, 4) is 17.1 Å². The number of nitrogens with zero attached hydrogens (tertiary/aromatic N) is 6. The van der Waals surface area contributed by atoms with Gasteiger partial charge in [-0.3, -0.25) is 4.79 Å². The first kappa shape index (κ1) is 18.8. The third-order valence-corrected chi connectivity index (χ3v) is 5.70. The molecule has 1 aliphatic rings. The number of aromatic nitrogens is 5. The summed E-state index contributed by atoms with van der Waals surface area (Å²) < 4.78 is 3.37. The predicted octanol–water partition coefficient (Wildman–Crippen LogP) is 3.82. The Kier molecular flexibility index (Phi) is 4.77. The molecule has 2 aromatic carbocycles. The molecule has 0 fully saturated rings. The number of rotatable bonds is 3. The summed E-state index contributed by atoms with van der Waals surface area (Å²) in [5, 5.41) is 13.7. The van der Waals surface area contributed by atoms with Gasteiger partial charge in [-0.25, -0.2) is 0 Å². The van der Waals surface area contributed by atoms with E-state index < -0.39 is 0 Å². The van der Waals surface area contributed by atoms with Crippen LogP contribution in [0.2, 0.25) is 10.0 Å². The lowest BCUT2D eigenvalue weighted by atomic mass is 10.2. The molecule has 0 N–H and O–H groups in total. The van der Waals surface area contributed by atoms with Crippen LogP contribution in [0.5, 0.6) is 0 Å². The van der Waals surface area contributed by atoms with Crippen molar-refractivity contribution in [1.82, 2.24) is 24.5 Å². The van der Waals surface area contributed by atoms with Crippen LogP contribution in [0.15, 0.2) is 65.6 Å². The number of hydrogen-bond donors (Lipinski definition) is 0. The topological polar surface area (TPSA) is 68.8 Å². The molecule has 5 rings (SSSR count). The summed E-state index contributed by atoms with van der Waals surface area (Å²) in [6.45, 7) is 1.84. The average molecular weight is 439 g/mol. The second-order valence-electron chi connectivity index (χ2n) is 6.92. The van der Waals surface area contributed by atoms with Gasteiger partial charge in [0.15, 0.2) is 11.6 Å². The van der Waals surface area contributed by atoms with Crippen molar-refractivity contribution in [3.05, 3.63) is 87.0 Å². The molecule has 2 aromatic heterocycles. The molecular formula is C21H16Cl2N6O. The summed E-state index contributed by atoms with van der Waals surface area (Å²) in [7, 11) is 0. The molecule has 9 heteroatoms. The zero-order chi connectivity index (χ0) is 20.7. The van der Waals surface area contributed by atoms with E-state index >= 15 is 0 Å². The maximum Gasteiger partial charge on any atom is 0.292 e. The first-order chi connectivity index (χ1) is 14.6. The molecule has 0 atom stereocenters. The summed E-state index contributed by atoms with van der Waals surface area (Å²) in [6, 6.07) is 16.8. The Morgan fingerprint density at radius 3 is 2.43 bits per heavy atom. The second kappa shape index (κ2) is 7.59. The zero-order valence-corrected chi connectivity index (χ0v) is 17.3. The lowest BCUT2D eigenvalue weighted by molar-refractivity contribution is 0.562. The minimum absolute atomic E-state index is 0.121. The molecule has 1 aliphatic heterocycles. The number of fused-ring (bicyclic) bond motifs is 1. The molecule has 0 saturated heterocycles. The van der Waals surface area contributed by atoms with E-state index in [1.54, 1.807) is 30.5 Å². The maximum absolute atomic E-state index is 12.8. The highest BCUT2D eigenvalue weighted by Crippen LogP contribution is 2.28. The van der Waals surface area contributed by atoms with Gasteiger partial charge < -0.3 is 9.47 Å². The van der Waals surface area contributed by atoms with Crippen LogP contribution in [0, 0.1) is 0 Å². The molecule has 4 aromatic rings. The van der Waals surface area contributed by atoms with E-state index in [-0.39, 0.29) is 10.6 Å². The van der Waals surface area contributed by atoms with Gasteiger partial charge in [-0.15, -0.1) is 10.2 Å². The van der Waals surface area contributed by atoms with Crippen LogP contribution in [0.3, 0.4) is 0 Å². The predicted molar refractivity (Wildman–Crippen MR) is 116 cm³/mol. The fourth-order valence-corrected chi connectivity index (χ4v) is 3.95. The van der Waals surface area contributed by atoms with Gasteiger partial charge in [-0.2, -0.15) is 9.78 Å². The van der Waals surface area contributed by atoms with E-state index in [9.17, 15) is 4.79 Å². The minimum Gasteiger partial charge on any atom is -0.360 e. The van der Waals surface area contributed by atoms with Gasteiger partial charge in [0, 0.05) is 23.7 Å². The highest BCUT2D eigenvalue weighted by Gasteiger charge is 2.25. The lowest BCUT2D eigenvalue weighted by Crippen LogP contribution is -2.36. The standard InChI is InChI=1S/C21H16Cl2N6O/c22-15-6-8-16(9-7-15)29-21(30)19(23)17(12-24-29)27-10-11-28-18(13-27)25-26-20(28)14-4-2-1-3-5-14/h1-9,12H,10-11,13H2. The van der Waals surface area contributed by atoms with Crippen LogP contribution in [0.1, 0.15) is 5.82 Å². The fraction of sp³-hybridized carbons (Fsp3) is 0.143. The fourth-order valence-electron chi connectivity index (χ4n) is 3.57. The molecule has 30 heavy (non-hydrogen) atoms. The van der Waals surface area contributed by atoms with Crippen LogP contribution in [-0.4, -0.2) is 31.1 Å². The molecule has 0 spiro atoms. The van der Waals surface area contributed by atoms with Gasteiger partial charge in [-0.05, 0) is 24.3 Å². The van der Waals surface area contributed by atoms with E-state index in [2.05, 4.69) is 19.9 Å². The van der Waals surface area contributed by atoms with Crippen molar-refractivity contribution in [3.63, 3.8) is 0 Å². The maximum atomic E-state index is 12.8. The Bertz CT molecular complexity index is 1270. The van der Waals surface area contributed by atoms with Gasteiger partial charge in [0.2, 0.25) is 0 Å². The first-order valence-corrected chi connectivity index (χ1v) is 10.1. The van der Waals surface area contributed by atoms with E-state index in [1.807, 2.05) is 35.2 Å². The van der Waals surface area contributed by atoms with Crippen molar-refractivity contribution in [1.29, 1.82) is 0 Å². The SMILES string of the molecule is O=c1c(Cl)c(N2CCn3c(nnc3-c3ccccc3)C2)cnn1-c1ccc(Cl)cc1. The number of hydrogen-bond acceptors (Lipinski definition) is 5. The van der Waals surface area contributed by atoms with Gasteiger partial charge in [0.25, 0.3) is 5.56 Å². The van der Waals surface area contributed by atoms with Crippen molar-refractivity contribution >= 4 is 28.9 Å². The lowest BCUT2D eigenvalue weighted by Gasteiger charge is -2.30. The molecule has 0 radical (unpaired) electrons. The molecule has 0 aliphatic carbocycles. The molecule has 0 bridgehead atoms. The van der Waals surface area contributed by atoms with Crippen molar-refractivity contribution in [2.45, 2.75) is 13.1 Å². The van der Waals surface area contributed by atoms with Gasteiger partial charge in [0.05, 0.1) is 24.1 Å². The van der Waals surface area contributed by atoms with Crippen LogP contribution in [0.25, 0.3) is 17.1 Å². The third kappa shape index (κ3) is 3.26. The Morgan fingerprint density at radius 2 is 1.67 bits per heavy atom. The smallest absolute Gasteiger partial charge is 0.292 e. The van der Waals surface area contributed by atoms with Crippen LogP contribution in [0.4, 0.5) is 5.69 Å². The second-order valence-corrected chi connectivity index (χ2v) is 7.73. The van der Waals surface area contributed by atoms with Gasteiger partial charge >= 0.3 is 0 Å². The Morgan fingerprint density at radius 1 is 0.900 bits per heavy atom. The zero-order valence-electron chi connectivity index (χ0n) is 15.7. The Labute approximate surface area is 182 Å². The summed E-state index contributed by atoms with van der Waals surface area (Å²) >= 11 is 12.4. The third-order valence-electron chi connectivity index (χ3n) is 5.10. The van der Waals surface area contributed by atoms with Crippen molar-refractivity contribution in [2.24, 2.45) is 0 Å². The highest BCUT2D eigenvalue weighted by atomic mass is 35.5. The number of halogens is 2. The van der Waals surface area contributed by atoms with Gasteiger partial charge in [0.1, 0.15) is 5.02 Å². The quantitative estimate of drug-likeness (QED) is 0.486. The van der Waals surface area contributed by atoms with E-state index in [4.69, 9.17) is 23.2 Å². The van der Waals surface area contributed by atoms with Crippen molar-refractivity contribution < 1.29 is 0 Å². The average Bonchev–Trinajstić information content (AvgIpc) is 3.20. The summed E-state index contributed by atoms with van der Waals surface area (Å²) in [5.74, 6) is 1.66.